The van der Waals surface area contributed by atoms with Crippen LogP contribution < -0.4 is 10.5 Å². The summed E-state index contributed by atoms with van der Waals surface area (Å²) in [4.78, 5) is 0. The molecule has 1 atom stereocenters. The number of ether oxygens (including phenoxy) is 1. The zero-order valence-electron chi connectivity index (χ0n) is 8.18. The summed E-state index contributed by atoms with van der Waals surface area (Å²) in [6.07, 6.45) is 0.597. The van der Waals surface area contributed by atoms with Gasteiger partial charge in [-0.25, -0.2) is 4.39 Å². The van der Waals surface area contributed by atoms with Gasteiger partial charge in [0.1, 0.15) is 0 Å². The fourth-order valence-electron chi connectivity index (χ4n) is 1.34. The lowest BCUT2D eigenvalue weighted by molar-refractivity contribution is 0.380. The summed E-state index contributed by atoms with van der Waals surface area (Å²) >= 11 is 3.23. The van der Waals surface area contributed by atoms with Crippen molar-refractivity contribution in [2.24, 2.45) is 5.73 Å². The van der Waals surface area contributed by atoms with Crippen molar-refractivity contribution in [3.05, 3.63) is 28.0 Å². The van der Waals surface area contributed by atoms with E-state index in [0.717, 1.165) is 5.56 Å². The molecule has 4 heteroatoms. The first-order valence-corrected chi connectivity index (χ1v) is 5.11. The molecule has 0 radical (unpaired) electrons. The molecule has 14 heavy (non-hydrogen) atoms. The number of hydrogen-bond donors (Lipinski definition) is 1. The minimum absolute atomic E-state index is 0.0161. The summed E-state index contributed by atoms with van der Waals surface area (Å²) in [6, 6.07) is 3.19. The largest absolute Gasteiger partial charge is 0.493 e. The molecule has 0 aromatic heterocycles. The van der Waals surface area contributed by atoms with Gasteiger partial charge in [0.2, 0.25) is 0 Å². The van der Waals surface area contributed by atoms with Gasteiger partial charge < -0.3 is 10.5 Å². The van der Waals surface area contributed by atoms with Crippen LogP contribution >= 0.6 is 15.9 Å². The van der Waals surface area contributed by atoms with Crippen LogP contribution in [0, 0.1) is 5.82 Å². The number of hydrogen-bond acceptors (Lipinski definition) is 2. The van der Waals surface area contributed by atoms with Crippen molar-refractivity contribution in [3.63, 3.8) is 0 Å². The molecule has 0 aliphatic carbocycles. The van der Waals surface area contributed by atoms with Gasteiger partial charge in [-0.3, -0.25) is 0 Å². The number of methoxy groups -OCH3 is 1. The predicted molar refractivity (Wildman–Crippen MR) is 58.0 cm³/mol. The molecule has 0 aliphatic heterocycles. The molecule has 0 bridgehead atoms. The molecule has 2 N–H and O–H groups in total. The van der Waals surface area contributed by atoms with E-state index < -0.39 is 0 Å². The Morgan fingerprint density at radius 1 is 1.57 bits per heavy atom. The second-order valence-electron chi connectivity index (χ2n) is 3.26. The Bertz CT molecular complexity index is 328. The standard InChI is InChI=1S/C10H13BrFNO/c1-6(13)3-7-4-8(11)5-9(12)10(7)14-2/h4-6H,3,13H2,1-2H3/t6-/m1/s1. The lowest BCUT2D eigenvalue weighted by Gasteiger charge is -2.11. The Morgan fingerprint density at radius 3 is 2.71 bits per heavy atom. The van der Waals surface area contributed by atoms with E-state index in [1.54, 1.807) is 0 Å². The Balaban J connectivity index is 3.11. The van der Waals surface area contributed by atoms with Crippen LogP contribution in [-0.4, -0.2) is 13.2 Å². The van der Waals surface area contributed by atoms with Crippen LogP contribution in [0.3, 0.4) is 0 Å². The van der Waals surface area contributed by atoms with Crippen molar-refractivity contribution in [1.29, 1.82) is 0 Å². The molecular formula is C10H13BrFNO. The van der Waals surface area contributed by atoms with Crippen molar-refractivity contribution in [3.8, 4) is 5.75 Å². The molecule has 0 spiro atoms. The van der Waals surface area contributed by atoms with Crippen molar-refractivity contribution < 1.29 is 9.13 Å². The van der Waals surface area contributed by atoms with Gasteiger partial charge in [0.15, 0.2) is 11.6 Å². The third-order valence-corrected chi connectivity index (χ3v) is 2.29. The molecule has 1 aromatic carbocycles. The fraction of sp³-hybridized carbons (Fsp3) is 0.400. The molecule has 1 rings (SSSR count). The maximum absolute atomic E-state index is 13.4. The Kier molecular flexibility index (Phi) is 3.89. The molecule has 78 valence electrons. The number of rotatable bonds is 3. The Hall–Kier alpha value is -0.610. The molecule has 0 saturated carbocycles. The highest BCUT2D eigenvalue weighted by atomic mass is 79.9. The maximum atomic E-state index is 13.4. The normalized spacial score (nSPS) is 12.6. The van der Waals surface area contributed by atoms with Gasteiger partial charge in [0, 0.05) is 10.5 Å². The number of halogens is 2. The quantitative estimate of drug-likeness (QED) is 0.908. The minimum Gasteiger partial charge on any atom is -0.493 e. The molecule has 2 nitrogen and oxygen atoms in total. The van der Waals surface area contributed by atoms with E-state index in [4.69, 9.17) is 10.5 Å². The molecule has 1 aromatic rings. The molecule has 0 fully saturated rings. The SMILES string of the molecule is COc1c(F)cc(Br)cc1C[C@@H](C)N. The molecule has 0 unspecified atom stereocenters. The molecule has 0 saturated heterocycles. The second-order valence-corrected chi connectivity index (χ2v) is 4.18. The van der Waals surface area contributed by atoms with Gasteiger partial charge in [-0.2, -0.15) is 0 Å². The van der Waals surface area contributed by atoms with Crippen LogP contribution in [0.5, 0.6) is 5.75 Å². The first kappa shape index (κ1) is 11.5. The first-order chi connectivity index (χ1) is 6.54. The van der Waals surface area contributed by atoms with E-state index in [1.165, 1.54) is 13.2 Å². The summed E-state index contributed by atoms with van der Waals surface area (Å²) in [6.45, 7) is 1.87. The van der Waals surface area contributed by atoms with E-state index in [2.05, 4.69) is 15.9 Å². The van der Waals surface area contributed by atoms with Gasteiger partial charge in [0.05, 0.1) is 7.11 Å². The van der Waals surface area contributed by atoms with Crippen molar-refractivity contribution >= 4 is 15.9 Å². The number of benzene rings is 1. The van der Waals surface area contributed by atoms with Crippen LogP contribution in [0.15, 0.2) is 16.6 Å². The van der Waals surface area contributed by atoms with Crippen LogP contribution in [0.25, 0.3) is 0 Å². The summed E-state index contributed by atoms with van der Waals surface area (Å²) in [5, 5.41) is 0. The minimum atomic E-state index is -0.363. The zero-order chi connectivity index (χ0) is 10.7. The monoisotopic (exact) mass is 261 g/mol. The van der Waals surface area contributed by atoms with Crippen LogP contribution in [-0.2, 0) is 6.42 Å². The molecule has 0 aliphatic rings. The van der Waals surface area contributed by atoms with Crippen molar-refractivity contribution in [1.82, 2.24) is 0 Å². The van der Waals surface area contributed by atoms with Crippen molar-refractivity contribution in [2.45, 2.75) is 19.4 Å². The topological polar surface area (TPSA) is 35.2 Å². The van der Waals surface area contributed by atoms with Crippen LogP contribution in [0.1, 0.15) is 12.5 Å². The fourth-order valence-corrected chi connectivity index (χ4v) is 1.82. The lowest BCUT2D eigenvalue weighted by Crippen LogP contribution is -2.18. The summed E-state index contributed by atoms with van der Waals surface area (Å²) in [7, 11) is 1.46. The maximum Gasteiger partial charge on any atom is 0.166 e. The Labute approximate surface area is 91.4 Å². The second kappa shape index (κ2) is 4.75. The zero-order valence-corrected chi connectivity index (χ0v) is 9.77. The molecule has 0 heterocycles. The van der Waals surface area contributed by atoms with Gasteiger partial charge in [-0.05, 0) is 31.0 Å². The van der Waals surface area contributed by atoms with Crippen LogP contribution in [0.4, 0.5) is 4.39 Å². The van der Waals surface area contributed by atoms with Gasteiger partial charge >= 0.3 is 0 Å². The third-order valence-electron chi connectivity index (χ3n) is 1.83. The summed E-state index contributed by atoms with van der Waals surface area (Å²) < 4.78 is 19.0. The van der Waals surface area contributed by atoms with E-state index in [1.807, 2.05) is 13.0 Å². The van der Waals surface area contributed by atoms with Gasteiger partial charge in [0.25, 0.3) is 0 Å². The summed E-state index contributed by atoms with van der Waals surface area (Å²) in [5.41, 5.74) is 6.44. The highest BCUT2D eigenvalue weighted by Gasteiger charge is 2.11. The van der Waals surface area contributed by atoms with E-state index in [9.17, 15) is 4.39 Å². The molecule has 0 amide bonds. The lowest BCUT2D eigenvalue weighted by atomic mass is 10.1. The highest BCUT2D eigenvalue weighted by molar-refractivity contribution is 9.10. The van der Waals surface area contributed by atoms with Gasteiger partial charge in [-0.1, -0.05) is 15.9 Å². The Morgan fingerprint density at radius 2 is 2.21 bits per heavy atom. The van der Waals surface area contributed by atoms with Gasteiger partial charge in [-0.15, -0.1) is 0 Å². The first-order valence-electron chi connectivity index (χ1n) is 4.32. The van der Waals surface area contributed by atoms with E-state index >= 15 is 0 Å². The average molecular weight is 262 g/mol. The summed E-state index contributed by atoms with van der Waals surface area (Å²) in [5.74, 6) is -0.0805. The van der Waals surface area contributed by atoms with E-state index in [-0.39, 0.29) is 17.6 Å². The molecular weight excluding hydrogens is 249 g/mol. The van der Waals surface area contributed by atoms with Crippen LogP contribution in [0.2, 0.25) is 0 Å². The third kappa shape index (κ3) is 2.69. The van der Waals surface area contributed by atoms with E-state index in [0.29, 0.717) is 10.9 Å². The highest BCUT2D eigenvalue weighted by Crippen LogP contribution is 2.27. The van der Waals surface area contributed by atoms with Crippen molar-refractivity contribution in [2.75, 3.05) is 7.11 Å². The predicted octanol–water partition coefficient (Wildman–Crippen LogP) is 2.49. The average Bonchev–Trinajstić information content (AvgIpc) is 2.01. The number of nitrogens with two attached hydrogens (primary N) is 1. The smallest absolute Gasteiger partial charge is 0.166 e.